The molecule has 0 radical (unpaired) electrons. The molecule has 0 atom stereocenters. The molecular weight excluding hydrogens is 214 g/mol. The average Bonchev–Trinajstić information content (AvgIpc) is 2.74. The Kier molecular flexibility index (Phi) is 2.72. The van der Waals surface area contributed by atoms with Crippen molar-refractivity contribution in [1.29, 1.82) is 0 Å². The van der Waals surface area contributed by atoms with Gasteiger partial charge in [0, 0.05) is 18.6 Å². The van der Waals surface area contributed by atoms with Gasteiger partial charge >= 0.3 is 5.69 Å². The highest BCUT2D eigenvalue weighted by molar-refractivity contribution is 7.09. The largest absolute Gasteiger partial charge is 0.357 e. The molecule has 0 spiro atoms. The Hall–Kier alpha value is -1.76. The first-order chi connectivity index (χ1) is 7.29. The molecule has 15 heavy (non-hydrogen) atoms. The maximum atomic E-state index is 11.5. The summed E-state index contributed by atoms with van der Waals surface area (Å²) in [5.74, 6) is 0.329. The Balaban J connectivity index is 2.26. The van der Waals surface area contributed by atoms with Gasteiger partial charge in [0.25, 0.3) is 0 Å². The van der Waals surface area contributed by atoms with E-state index in [9.17, 15) is 4.79 Å². The van der Waals surface area contributed by atoms with Crippen LogP contribution in [0.2, 0.25) is 0 Å². The van der Waals surface area contributed by atoms with Crippen LogP contribution in [0.4, 0.5) is 5.95 Å². The predicted octanol–water partition coefficient (Wildman–Crippen LogP) is 0.185. The summed E-state index contributed by atoms with van der Waals surface area (Å²) >= 11 is 1.49. The first kappa shape index (κ1) is 9.78. The van der Waals surface area contributed by atoms with Crippen LogP contribution in [0.3, 0.4) is 0 Å². The van der Waals surface area contributed by atoms with Crippen molar-refractivity contribution < 1.29 is 0 Å². The molecule has 0 bridgehead atoms. The van der Waals surface area contributed by atoms with Gasteiger partial charge < -0.3 is 5.32 Å². The van der Waals surface area contributed by atoms with Crippen molar-refractivity contribution in [2.24, 2.45) is 0 Å². The van der Waals surface area contributed by atoms with Crippen molar-refractivity contribution in [3.05, 3.63) is 33.4 Å². The van der Waals surface area contributed by atoms with Gasteiger partial charge in [-0.05, 0) is 0 Å². The van der Waals surface area contributed by atoms with E-state index >= 15 is 0 Å². The second kappa shape index (κ2) is 4.18. The molecule has 0 fully saturated rings. The van der Waals surface area contributed by atoms with Gasteiger partial charge in [0.2, 0.25) is 5.95 Å². The quantitative estimate of drug-likeness (QED) is 0.803. The fourth-order valence-electron chi connectivity index (χ4n) is 1.06. The van der Waals surface area contributed by atoms with E-state index in [1.165, 1.54) is 22.2 Å². The van der Waals surface area contributed by atoms with E-state index in [1.807, 2.05) is 5.38 Å². The third-order valence-electron chi connectivity index (χ3n) is 1.78. The van der Waals surface area contributed by atoms with Gasteiger partial charge in [0.05, 0.1) is 6.54 Å². The molecule has 2 aromatic heterocycles. The van der Waals surface area contributed by atoms with Crippen LogP contribution < -0.4 is 11.0 Å². The molecule has 1 N–H and O–H groups in total. The summed E-state index contributed by atoms with van der Waals surface area (Å²) in [5.41, 5.74) is -0.329. The van der Waals surface area contributed by atoms with Gasteiger partial charge in [0.1, 0.15) is 11.3 Å². The molecule has 0 amide bonds. The summed E-state index contributed by atoms with van der Waals surface area (Å²) in [6.45, 7) is 0.417. The zero-order valence-corrected chi connectivity index (χ0v) is 8.86. The molecule has 0 aromatic carbocycles. The molecule has 2 heterocycles. The zero-order chi connectivity index (χ0) is 10.7. The standard InChI is InChI=1S/C8H9N5OS/c1-9-7-11-5-13(8(14)12-7)4-6-10-2-3-15-6/h2-3,5H,4H2,1H3,(H,9,12,14). The summed E-state index contributed by atoms with van der Waals surface area (Å²) in [6, 6.07) is 0. The molecule has 0 saturated heterocycles. The summed E-state index contributed by atoms with van der Waals surface area (Å²) in [6.07, 6.45) is 3.16. The van der Waals surface area contributed by atoms with Gasteiger partial charge in [-0.15, -0.1) is 11.3 Å². The monoisotopic (exact) mass is 223 g/mol. The SMILES string of the molecule is CNc1ncn(Cc2nccs2)c(=O)n1. The van der Waals surface area contributed by atoms with Gasteiger partial charge in [-0.25, -0.2) is 14.8 Å². The molecule has 0 unspecified atom stereocenters. The van der Waals surface area contributed by atoms with Crippen LogP contribution in [0.5, 0.6) is 0 Å². The van der Waals surface area contributed by atoms with Crippen molar-refractivity contribution >= 4 is 17.3 Å². The average molecular weight is 223 g/mol. The fraction of sp³-hybridized carbons (Fsp3) is 0.250. The number of thiazole rings is 1. The highest BCUT2D eigenvalue weighted by Crippen LogP contribution is 2.04. The molecule has 2 rings (SSSR count). The maximum absolute atomic E-state index is 11.5. The lowest BCUT2D eigenvalue weighted by molar-refractivity contribution is 0.699. The molecular formula is C8H9N5OS. The summed E-state index contributed by atoms with van der Waals surface area (Å²) in [5, 5.41) is 5.43. The zero-order valence-electron chi connectivity index (χ0n) is 8.04. The number of anilines is 1. The van der Waals surface area contributed by atoms with Crippen LogP contribution in [0.15, 0.2) is 22.7 Å². The summed E-state index contributed by atoms with van der Waals surface area (Å²) in [4.78, 5) is 23.2. The normalized spacial score (nSPS) is 10.2. The third-order valence-corrected chi connectivity index (χ3v) is 2.54. The van der Waals surface area contributed by atoms with Crippen LogP contribution in [-0.2, 0) is 6.54 Å². The van der Waals surface area contributed by atoms with E-state index in [0.29, 0.717) is 12.5 Å². The molecule has 78 valence electrons. The van der Waals surface area contributed by atoms with Crippen LogP contribution >= 0.6 is 11.3 Å². The first-order valence-corrected chi connectivity index (χ1v) is 5.17. The Labute approximate surface area is 89.7 Å². The van der Waals surface area contributed by atoms with E-state index in [2.05, 4.69) is 20.3 Å². The topological polar surface area (TPSA) is 72.7 Å². The lowest BCUT2D eigenvalue weighted by Gasteiger charge is -2.02. The fourth-order valence-corrected chi connectivity index (χ4v) is 1.68. The summed E-state index contributed by atoms with van der Waals surface area (Å²) in [7, 11) is 1.67. The second-order valence-corrected chi connectivity index (χ2v) is 3.75. The lowest BCUT2D eigenvalue weighted by atomic mass is 10.6. The van der Waals surface area contributed by atoms with Crippen LogP contribution in [-0.4, -0.2) is 26.6 Å². The molecule has 2 aromatic rings. The maximum Gasteiger partial charge on any atom is 0.352 e. The van der Waals surface area contributed by atoms with Gasteiger partial charge in [-0.3, -0.25) is 4.57 Å². The summed E-state index contributed by atoms with van der Waals surface area (Å²) < 4.78 is 1.42. The molecule has 0 aliphatic carbocycles. The van der Waals surface area contributed by atoms with Crippen molar-refractivity contribution in [3.63, 3.8) is 0 Å². The van der Waals surface area contributed by atoms with E-state index in [0.717, 1.165) is 5.01 Å². The lowest BCUT2D eigenvalue weighted by Crippen LogP contribution is -2.24. The molecule has 0 aliphatic heterocycles. The van der Waals surface area contributed by atoms with E-state index < -0.39 is 0 Å². The Morgan fingerprint density at radius 2 is 2.40 bits per heavy atom. The van der Waals surface area contributed by atoms with Crippen LogP contribution in [0.25, 0.3) is 0 Å². The van der Waals surface area contributed by atoms with Gasteiger partial charge in [0.15, 0.2) is 0 Å². The van der Waals surface area contributed by atoms with Gasteiger partial charge in [-0.2, -0.15) is 4.98 Å². The Bertz CT molecular complexity index is 492. The van der Waals surface area contributed by atoms with E-state index in [1.54, 1.807) is 13.2 Å². The van der Waals surface area contributed by atoms with Crippen LogP contribution in [0.1, 0.15) is 5.01 Å². The van der Waals surface area contributed by atoms with Crippen molar-refractivity contribution in [3.8, 4) is 0 Å². The molecule has 0 aliphatic rings. The minimum Gasteiger partial charge on any atom is -0.357 e. The van der Waals surface area contributed by atoms with Crippen molar-refractivity contribution in [1.82, 2.24) is 19.5 Å². The van der Waals surface area contributed by atoms with Crippen molar-refractivity contribution in [2.45, 2.75) is 6.54 Å². The van der Waals surface area contributed by atoms with Crippen LogP contribution in [0, 0.1) is 0 Å². The smallest absolute Gasteiger partial charge is 0.352 e. The minimum absolute atomic E-state index is 0.329. The highest BCUT2D eigenvalue weighted by atomic mass is 32.1. The van der Waals surface area contributed by atoms with E-state index in [-0.39, 0.29) is 5.69 Å². The van der Waals surface area contributed by atoms with E-state index in [4.69, 9.17) is 0 Å². The van der Waals surface area contributed by atoms with Crippen molar-refractivity contribution in [2.75, 3.05) is 12.4 Å². The Morgan fingerprint density at radius 3 is 3.00 bits per heavy atom. The number of aromatic nitrogens is 4. The molecule has 0 saturated carbocycles. The predicted molar refractivity (Wildman–Crippen MR) is 57.1 cm³/mol. The minimum atomic E-state index is -0.329. The highest BCUT2D eigenvalue weighted by Gasteiger charge is 2.02. The number of nitrogens with zero attached hydrogens (tertiary/aromatic N) is 4. The molecule has 6 nitrogen and oxygen atoms in total. The number of rotatable bonds is 3. The Morgan fingerprint density at radius 1 is 1.53 bits per heavy atom. The third kappa shape index (κ3) is 2.18. The molecule has 7 heteroatoms. The number of nitrogens with one attached hydrogen (secondary N) is 1. The number of hydrogen-bond acceptors (Lipinski definition) is 6. The second-order valence-electron chi connectivity index (χ2n) is 2.77. The van der Waals surface area contributed by atoms with Gasteiger partial charge in [-0.1, -0.05) is 0 Å². The number of hydrogen-bond donors (Lipinski definition) is 1. The first-order valence-electron chi connectivity index (χ1n) is 4.29.